The molecule has 0 spiro atoms. The van der Waals surface area contributed by atoms with Crippen molar-refractivity contribution >= 4 is 34.7 Å². The predicted octanol–water partition coefficient (Wildman–Crippen LogP) is 5.51. The first-order chi connectivity index (χ1) is 12.8. The number of thiophene rings is 1. The number of carbonyl (C=O) groups is 1. The molecule has 9 heteroatoms. The fourth-order valence-electron chi connectivity index (χ4n) is 2.41. The topological polar surface area (TPSA) is 54.9 Å². The van der Waals surface area contributed by atoms with E-state index in [4.69, 9.17) is 0 Å². The van der Waals surface area contributed by atoms with E-state index in [0.717, 1.165) is 17.0 Å². The molecular formula is C18H14F3N3OS2. The third-order valence-electron chi connectivity index (χ3n) is 3.69. The second-order valence-corrected chi connectivity index (χ2v) is 7.27. The standard InChI is InChI=1S/C18H14F3N3OS2/c1-10-14(17(26-2)24-15(22-10)13-4-3-9-27-13)16(25)23-12-7-5-11(6-8-12)18(19,20)21/h3-9H,1-2H3,(H,23,25). The quantitative estimate of drug-likeness (QED) is 0.456. The van der Waals surface area contributed by atoms with Crippen LogP contribution in [0.3, 0.4) is 0 Å². The number of rotatable bonds is 4. The van der Waals surface area contributed by atoms with Gasteiger partial charge in [0.1, 0.15) is 5.03 Å². The number of aromatic nitrogens is 2. The minimum absolute atomic E-state index is 0.266. The third kappa shape index (κ3) is 4.30. The van der Waals surface area contributed by atoms with Gasteiger partial charge < -0.3 is 5.32 Å². The van der Waals surface area contributed by atoms with E-state index in [-0.39, 0.29) is 5.69 Å². The lowest BCUT2D eigenvalue weighted by molar-refractivity contribution is -0.137. The van der Waals surface area contributed by atoms with Crippen molar-refractivity contribution in [1.29, 1.82) is 0 Å². The van der Waals surface area contributed by atoms with Crippen LogP contribution in [0.15, 0.2) is 46.8 Å². The minimum atomic E-state index is -4.42. The molecule has 1 N–H and O–H groups in total. The lowest BCUT2D eigenvalue weighted by atomic mass is 10.2. The van der Waals surface area contributed by atoms with Crippen molar-refractivity contribution in [2.75, 3.05) is 11.6 Å². The predicted molar refractivity (Wildman–Crippen MR) is 101 cm³/mol. The Bertz CT molecular complexity index is 955. The summed E-state index contributed by atoms with van der Waals surface area (Å²) in [7, 11) is 0. The number of hydrogen-bond donors (Lipinski definition) is 1. The van der Waals surface area contributed by atoms with E-state index in [2.05, 4.69) is 15.3 Å². The van der Waals surface area contributed by atoms with Gasteiger partial charge in [-0.15, -0.1) is 23.1 Å². The molecule has 3 aromatic rings. The molecule has 2 heterocycles. The molecule has 140 valence electrons. The van der Waals surface area contributed by atoms with Gasteiger partial charge in [0.15, 0.2) is 5.82 Å². The number of carbonyl (C=O) groups excluding carboxylic acids is 1. The summed E-state index contributed by atoms with van der Waals surface area (Å²) in [6.45, 7) is 1.71. The molecule has 1 amide bonds. The van der Waals surface area contributed by atoms with E-state index in [0.29, 0.717) is 22.1 Å². The Morgan fingerprint density at radius 1 is 1.15 bits per heavy atom. The largest absolute Gasteiger partial charge is 0.416 e. The van der Waals surface area contributed by atoms with Gasteiger partial charge in [0.2, 0.25) is 0 Å². The van der Waals surface area contributed by atoms with Crippen LogP contribution in [0.2, 0.25) is 0 Å². The molecule has 0 saturated carbocycles. The fourth-order valence-corrected chi connectivity index (χ4v) is 3.69. The van der Waals surface area contributed by atoms with Gasteiger partial charge in [-0.2, -0.15) is 13.2 Å². The van der Waals surface area contributed by atoms with E-state index >= 15 is 0 Å². The van der Waals surface area contributed by atoms with Gasteiger partial charge in [-0.1, -0.05) is 6.07 Å². The number of nitrogens with zero attached hydrogens (tertiary/aromatic N) is 2. The Balaban J connectivity index is 1.88. The Kier molecular flexibility index (Phi) is 5.52. The molecule has 0 aliphatic carbocycles. The van der Waals surface area contributed by atoms with Crippen LogP contribution in [0.5, 0.6) is 0 Å². The lowest BCUT2D eigenvalue weighted by Crippen LogP contribution is -2.17. The van der Waals surface area contributed by atoms with E-state index in [9.17, 15) is 18.0 Å². The van der Waals surface area contributed by atoms with Crippen LogP contribution in [-0.4, -0.2) is 22.1 Å². The summed E-state index contributed by atoms with van der Waals surface area (Å²) >= 11 is 2.81. The molecule has 27 heavy (non-hydrogen) atoms. The Morgan fingerprint density at radius 2 is 1.85 bits per heavy atom. The average Bonchev–Trinajstić information content (AvgIpc) is 3.15. The highest BCUT2D eigenvalue weighted by Crippen LogP contribution is 2.31. The van der Waals surface area contributed by atoms with Gasteiger partial charge >= 0.3 is 6.18 Å². The van der Waals surface area contributed by atoms with Crippen molar-refractivity contribution in [3.05, 3.63) is 58.6 Å². The molecule has 0 bridgehead atoms. The lowest BCUT2D eigenvalue weighted by Gasteiger charge is -2.12. The summed E-state index contributed by atoms with van der Waals surface area (Å²) < 4.78 is 37.9. The number of halogens is 3. The Hall–Kier alpha value is -2.39. The molecule has 3 rings (SSSR count). The second-order valence-electron chi connectivity index (χ2n) is 5.52. The van der Waals surface area contributed by atoms with Crippen molar-refractivity contribution in [1.82, 2.24) is 9.97 Å². The zero-order valence-corrected chi connectivity index (χ0v) is 15.9. The van der Waals surface area contributed by atoms with Crippen LogP contribution in [0.25, 0.3) is 10.7 Å². The number of aryl methyl sites for hydroxylation is 1. The number of amides is 1. The van der Waals surface area contributed by atoms with Gasteiger partial charge in [-0.3, -0.25) is 4.79 Å². The van der Waals surface area contributed by atoms with Gasteiger partial charge in [0.05, 0.1) is 21.7 Å². The zero-order valence-electron chi connectivity index (χ0n) is 14.3. The summed E-state index contributed by atoms with van der Waals surface area (Å²) in [6.07, 6.45) is -2.62. The summed E-state index contributed by atoms with van der Waals surface area (Å²) in [6, 6.07) is 8.07. The van der Waals surface area contributed by atoms with Gasteiger partial charge in [-0.05, 0) is 48.9 Å². The van der Waals surface area contributed by atoms with E-state index < -0.39 is 17.6 Å². The molecule has 0 unspecified atom stereocenters. The van der Waals surface area contributed by atoms with Crippen LogP contribution in [0.4, 0.5) is 18.9 Å². The highest BCUT2D eigenvalue weighted by Gasteiger charge is 2.30. The number of hydrogen-bond acceptors (Lipinski definition) is 5. The van der Waals surface area contributed by atoms with Crippen LogP contribution in [0.1, 0.15) is 21.6 Å². The second kappa shape index (κ2) is 7.69. The molecular weight excluding hydrogens is 395 g/mol. The molecule has 0 atom stereocenters. The normalized spacial score (nSPS) is 11.4. The highest BCUT2D eigenvalue weighted by atomic mass is 32.2. The van der Waals surface area contributed by atoms with Gasteiger partial charge in [0, 0.05) is 5.69 Å². The summed E-state index contributed by atoms with van der Waals surface area (Å²) in [5.41, 5.74) is 0.303. The summed E-state index contributed by atoms with van der Waals surface area (Å²) in [4.78, 5) is 22.4. The van der Waals surface area contributed by atoms with E-state index in [1.807, 2.05) is 17.5 Å². The number of benzene rings is 1. The molecule has 0 aliphatic heterocycles. The molecule has 0 radical (unpaired) electrons. The maximum Gasteiger partial charge on any atom is 0.416 e. The first-order valence-corrected chi connectivity index (χ1v) is 9.85. The number of alkyl halides is 3. The van der Waals surface area contributed by atoms with Crippen molar-refractivity contribution in [2.45, 2.75) is 18.1 Å². The Labute approximate surface area is 161 Å². The smallest absolute Gasteiger partial charge is 0.322 e. The Morgan fingerprint density at radius 3 is 2.41 bits per heavy atom. The van der Waals surface area contributed by atoms with Crippen LogP contribution >= 0.6 is 23.1 Å². The van der Waals surface area contributed by atoms with Crippen molar-refractivity contribution in [2.24, 2.45) is 0 Å². The molecule has 1 aromatic carbocycles. The molecule has 0 saturated heterocycles. The summed E-state index contributed by atoms with van der Waals surface area (Å²) in [5.74, 6) is 0.0762. The average molecular weight is 409 g/mol. The monoisotopic (exact) mass is 409 g/mol. The van der Waals surface area contributed by atoms with Crippen LogP contribution < -0.4 is 5.32 Å². The van der Waals surface area contributed by atoms with Crippen molar-refractivity contribution in [3.8, 4) is 10.7 Å². The maximum absolute atomic E-state index is 12.7. The van der Waals surface area contributed by atoms with Crippen LogP contribution in [-0.2, 0) is 6.18 Å². The summed E-state index contributed by atoms with van der Waals surface area (Å²) in [5, 5.41) is 5.03. The van der Waals surface area contributed by atoms with Crippen molar-refractivity contribution in [3.63, 3.8) is 0 Å². The number of anilines is 1. The molecule has 2 aromatic heterocycles. The zero-order chi connectivity index (χ0) is 19.6. The van der Waals surface area contributed by atoms with Gasteiger partial charge in [-0.25, -0.2) is 9.97 Å². The fraction of sp³-hybridized carbons (Fsp3) is 0.167. The minimum Gasteiger partial charge on any atom is -0.322 e. The number of nitrogens with one attached hydrogen (secondary N) is 1. The van der Waals surface area contributed by atoms with Gasteiger partial charge in [0.25, 0.3) is 5.91 Å². The number of thioether (sulfide) groups is 1. The maximum atomic E-state index is 12.7. The van der Waals surface area contributed by atoms with E-state index in [1.165, 1.54) is 35.2 Å². The molecule has 0 aliphatic rings. The molecule has 0 fully saturated rings. The first-order valence-electron chi connectivity index (χ1n) is 7.74. The molecule has 4 nitrogen and oxygen atoms in total. The highest BCUT2D eigenvalue weighted by molar-refractivity contribution is 7.98. The third-order valence-corrected chi connectivity index (χ3v) is 5.24. The first kappa shape index (κ1) is 19.4. The van der Waals surface area contributed by atoms with Crippen LogP contribution in [0, 0.1) is 6.92 Å². The van der Waals surface area contributed by atoms with E-state index in [1.54, 1.807) is 13.2 Å². The van der Waals surface area contributed by atoms with Crippen molar-refractivity contribution < 1.29 is 18.0 Å². The SMILES string of the molecule is CSc1nc(-c2cccs2)nc(C)c1C(=O)Nc1ccc(C(F)(F)F)cc1.